The molecule has 0 radical (unpaired) electrons. The Morgan fingerprint density at radius 2 is 2.04 bits per heavy atom. The maximum atomic E-state index is 12.6. The Hall–Kier alpha value is -1.60. The number of anilines is 2. The molecule has 2 aromatic rings. The second-order valence-electron chi connectivity index (χ2n) is 7.53. The van der Waals surface area contributed by atoms with Gasteiger partial charge in [0.25, 0.3) is 0 Å². The number of aromatic nitrogens is 2. The van der Waals surface area contributed by atoms with Gasteiger partial charge in [-0.15, -0.1) is 10.2 Å². The van der Waals surface area contributed by atoms with Gasteiger partial charge in [0, 0.05) is 18.8 Å². The quantitative estimate of drug-likeness (QED) is 0.733. The third-order valence-corrected chi connectivity index (χ3v) is 7.71. The van der Waals surface area contributed by atoms with E-state index in [2.05, 4.69) is 33.4 Å². The molecule has 1 N–H and O–H groups in total. The van der Waals surface area contributed by atoms with Crippen LogP contribution in [0.1, 0.15) is 37.7 Å². The van der Waals surface area contributed by atoms with Crippen LogP contribution in [0, 0.1) is 18.8 Å². The predicted octanol–water partition coefficient (Wildman–Crippen LogP) is 4.72. The average molecular weight is 403 g/mol. The molecule has 1 aromatic carbocycles. The van der Waals surface area contributed by atoms with Crippen LogP contribution in [-0.4, -0.2) is 39.8 Å². The van der Waals surface area contributed by atoms with Gasteiger partial charge in [-0.25, -0.2) is 0 Å². The molecule has 2 aliphatic rings. The Bertz CT molecular complexity index is 794. The van der Waals surface area contributed by atoms with Gasteiger partial charge in [0.05, 0.1) is 5.75 Å². The summed E-state index contributed by atoms with van der Waals surface area (Å²) in [6, 6.07) is 8.11. The number of para-hydroxylation sites is 1. The van der Waals surface area contributed by atoms with Gasteiger partial charge >= 0.3 is 0 Å². The van der Waals surface area contributed by atoms with E-state index in [9.17, 15) is 4.79 Å². The minimum absolute atomic E-state index is 0.243. The zero-order chi connectivity index (χ0) is 18.6. The minimum Gasteiger partial charge on any atom is -0.342 e. The zero-order valence-corrected chi connectivity index (χ0v) is 17.3. The van der Waals surface area contributed by atoms with E-state index in [-0.39, 0.29) is 5.91 Å². The molecule has 0 bridgehead atoms. The summed E-state index contributed by atoms with van der Waals surface area (Å²) in [7, 11) is 0. The molecule has 7 heteroatoms. The van der Waals surface area contributed by atoms with Crippen LogP contribution in [-0.2, 0) is 4.79 Å². The zero-order valence-electron chi connectivity index (χ0n) is 15.7. The maximum absolute atomic E-state index is 12.6. The van der Waals surface area contributed by atoms with Gasteiger partial charge in [-0.05, 0) is 43.2 Å². The second-order valence-corrected chi connectivity index (χ2v) is 9.73. The number of amides is 1. The molecule has 5 nitrogen and oxygen atoms in total. The smallest absolute Gasteiger partial charge is 0.233 e. The van der Waals surface area contributed by atoms with Crippen molar-refractivity contribution in [3.05, 3.63) is 29.8 Å². The Kier molecular flexibility index (Phi) is 5.98. The molecule has 1 saturated heterocycles. The van der Waals surface area contributed by atoms with Crippen LogP contribution < -0.4 is 5.32 Å². The number of piperidine rings is 1. The van der Waals surface area contributed by atoms with Crippen molar-refractivity contribution in [3.63, 3.8) is 0 Å². The molecular weight excluding hydrogens is 376 g/mol. The Labute approximate surface area is 168 Å². The summed E-state index contributed by atoms with van der Waals surface area (Å²) in [6.45, 7) is 3.95. The number of nitrogens with zero attached hydrogens (tertiary/aromatic N) is 3. The summed E-state index contributed by atoms with van der Waals surface area (Å²) >= 11 is 3.00. The van der Waals surface area contributed by atoms with Crippen molar-refractivity contribution in [1.29, 1.82) is 0 Å². The average Bonchev–Trinajstić information content (AvgIpc) is 3.15. The molecule has 0 unspecified atom stereocenters. The topological polar surface area (TPSA) is 58.1 Å². The van der Waals surface area contributed by atoms with E-state index < -0.39 is 0 Å². The van der Waals surface area contributed by atoms with E-state index in [1.807, 2.05) is 18.2 Å². The van der Waals surface area contributed by atoms with E-state index >= 15 is 0 Å². The van der Waals surface area contributed by atoms with Gasteiger partial charge in [-0.3, -0.25) is 4.79 Å². The number of carbonyl (C=O) groups excluding carboxylic acids is 1. The summed E-state index contributed by atoms with van der Waals surface area (Å²) in [5.41, 5.74) is 2.21. The fourth-order valence-corrected chi connectivity index (χ4v) is 5.86. The number of hydrogen-bond donors (Lipinski definition) is 1. The number of aryl methyl sites for hydroxylation is 1. The van der Waals surface area contributed by atoms with Crippen LogP contribution in [0.4, 0.5) is 10.8 Å². The van der Waals surface area contributed by atoms with Gasteiger partial charge in [0.2, 0.25) is 11.0 Å². The van der Waals surface area contributed by atoms with Gasteiger partial charge in [0.15, 0.2) is 4.34 Å². The molecule has 2 heterocycles. The van der Waals surface area contributed by atoms with Crippen molar-refractivity contribution >= 4 is 39.8 Å². The minimum atomic E-state index is 0.243. The molecule has 1 amide bonds. The SMILES string of the molecule is Cc1ccccc1Nc1nnc(SCC(=O)N2CC[C@@H]3CCCC[C@@H]3C2)s1. The summed E-state index contributed by atoms with van der Waals surface area (Å²) < 4.78 is 0.840. The number of likely N-dealkylation sites (tertiary alicyclic amines) is 1. The lowest BCUT2D eigenvalue weighted by molar-refractivity contribution is -0.131. The highest BCUT2D eigenvalue weighted by Crippen LogP contribution is 2.36. The van der Waals surface area contributed by atoms with Crippen LogP contribution in [0.25, 0.3) is 0 Å². The van der Waals surface area contributed by atoms with E-state index in [4.69, 9.17) is 0 Å². The molecule has 144 valence electrons. The Balaban J connectivity index is 1.28. The lowest BCUT2D eigenvalue weighted by Crippen LogP contribution is -2.45. The van der Waals surface area contributed by atoms with Crippen molar-refractivity contribution in [2.24, 2.45) is 11.8 Å². The standard InChI is InChI=1S/C20H26N4OS2/c1-14-6-2-5-9-17(14)21-19-22-23-20(27-19)26-13-18(25)24-11-10-15-7-3-4-8-16(15)12-24/h2,5-6,9,15-16H,3-4,7-8,10-13H2,1H3,(H,21,22)/t15-,16+/m0/s1. The number of thioether (sulfide) groups is 1. The molecule has 1 aliphatic heterocycles. The molecule has 2 fully saturated rings. The first kappa shape index (κ1) is 18.7. The largest absolute Gasteiger partial charge is 0.342 e. The molecular formula is C20H26N4OS2. The molecule has 4 rings (SSSR count). The number of hydrogen-bond acceptors (Lipinski definition) is 6. The molecule has 2 atom stereocenters. The fraction of sp³-hybridized carbons (Fsp3) is 0.550. The first-order chi connectivity index (χ1) is 13.2. The van der Waals surface area contributed by atoms with Crippen LogP contribution in [0.5, 0.6) is 0 Å². The van der Waals surface area contributed by atoms with Gasteiger partial charge < -0.3 is 10.2 Å². The molecule has 1 aliphatic carbocycles. The van der Waals surface area contributed by atoms with Gasteiger partial charge in [-0.1, -0.05) is 60.6 Å². The van der Waals surface area contributed by atoms with Crippen LogP contribution in [0.2, 0.25) is 0 Å². The van der Waals surface area contributed by atoms with Crippen molar-refractivity contribution in [1.82, 2.24) is 15.1 Å². The van der Waals surface area contributed by atoms with E-state index in [0.29, 0.717) is 5.75 Å². The normalized spacial score (nSPS) is 22.3. The number of fused-ring (bicyclic) bond motifs is 1. The first-order valence-corrected chi connectivity index (χ1v) is 11.6. The summed E-state index contributed by atoms with van der Waals surface area (Å²) in [4.78, 5) is 14.7. The lowest BCUT2D eigenvalue weighted by Gasteiger charge is -2.41. The Morgan fingerprint density at radius 1 is 1.22 bits per heavy atom. The molecule has 1 saturated carbocycles. The number of benzene rings is 1. The van der Waals surface area contributed by atoms with Gasteiger partial charge in [-0.2, -0.15) is 0 Å². The van der Waals surface area contributed by atoms with E-state index in [1.54, 1.807) is 0 Å². The maximum Gasteiger partial charge on any atom is 0.233 e. The lowest BCUT2D eigenvalue weighted by atomic mass is 9.75. The van der Waals surface area contributed by atoms with Gasteiger partial charge in [0.1, 0.15) is 0 Å². The van der Waals surface area contributed by atoms with E-state index in [0.717, 1.165) is 40.1 Å². The van der Waals surface area contributed by atoms with Crippen LogP contribution in [0.3, 0.4) is 0 Å². The third-order valence-electron chi connectivity index (χ3n) is 5.76. The van der Waals surface area contributed by atoms with Crippen molar-refractivity contribution in [2.45, 2.75) is 43.4 Å². The highest BCUT2D eigenvalue weighted by Gasteiger charge is 2.32. The predicted molar refractivity (Wildman–Crippen MR) is 112 cm³/mol. The molecule has 1 aromatic heterocycles. The summed E-state index contributed by atoms with van der Waals surface area (Å²) in [5.74, 6) is 2.28. The van der Waals surface area contributed by atoms with Crippen LogP contribution in [0.15, 0.2) is 28.6 Å². The fourth-order valence-electron chi connectivity index (χ4n) is 4.19. The second kappa shape index (κ2) is 8.61. The highest BCUT2D eigenvalue weighted by molar-refractivity contribution is 8.01. The van der Waals surface area contributed by atoms with Crippen molar-refractivity contribution in [3.8, 4) is 0 Å². The van der Waals surface area contributed by atoms with Crippen molar-refractivity contribution < 1.29 is 4.79 Å². The van der Waals surface area contributed by atoms with E-state index in [1.165, 1.54) is 60.8 Å². The first-order valence-electron chi connectivity index (χ1n) is 9.76. The number of rotatable bonds is 5. The Morgan fingerprint density at radius 3 is 2.89 bits per heavy atom. The van der Waals surface area contributed by atoms with Crippen LogP contribution >= 0.6 is 23.1 Å². The summed E-state index contributed by atoms with van der Waals surface area (Å²) in [6.07, 6.45) is 6.56. The number of nitrogens with one attached hydrogen (secondary N) is 1. The number of carbonyl (C=O) groups is 1. The van der Waals surface area contributed by atoms with Crippen molar-refractivity contribution in [2.75, 3.05) is 24.2 Å². The molecule has 0 spiro atoms. The monoisotopic (exact) mass is 402 g/mol. The summed E-state index contributed by atoms with van der Waals surface area (Å²) in [5, 5.41) is 12.5. The highest BCUT2D eigenvalue weighted by atomic mass is 32.2. The third kappa shape index (κ3) is 4.63. The molecule has 27 heavy (non-hydrogen) atoms.